The van der Waals surface area contributed by atoms with Crippen molar-refractivity contribution in [1.29, 1.82) is 0 Å². The van der Waals surface area contributed by atoms with Crippen LogP contribution in [-0.2, 0) is 4.79 Å². The Labute approximate surface area is 164 Å². The van der Waals surface area contributed by atoms with Crippen molar-refractivity contribution >= 4 is 17.7 Å². The van der Waals surface area contributed by atoms with E-state index >= 15 is 0 Å². The van der Waals surface area contributed by atoms with Crippen LogP contribution in [0.5, 0.6) is 0 Å². The number of nitrogens with one attached hydrogen (secondary N) is 1. The van der Waals surface area contributed by atoms with Crippen LogP contribution in [0.25, 0.3) is 5.69 Å². The molecule has 0 radical (unpaired) electrons. The highest BCUT2D eigenvalue weighted by Crippen LogP contribution is 2.22. The third-order valence-corrected chi connectivity index (χ3v) is 5.58. The maximum Gasteiger partial charge on any atom is 0.230 e. The highest BCUT2D eigenvalue weighted by Gasteiger charge is 2.14. The molecule has 3 rings (SSSR count). The average Bonchev–Trinajstić information content (AvgIpc) is 3.11. The Morgan fingerprint density at radius 3 is 2.63 bits per heavy atom. The van der Waals surface area contributed by atoms with E-state index in [1.807, 2.05) is 42.7 Å². The molecule has 0 saturated heterocycles. The highest BCUT2D eigenvalue weighted by atomic mass is 32.2. The van der Waals surface area contributed by atoms with Crippen LogP contribution < -0.4 is 5.32 Å². The minimum Gasteiger partial charge on any atom is -0.349 e. The summed E-state index contributed by atoms with van der Waals surface area (Å²) in [7, 11) is 0. The van der Waals surface area contributed by atoms with Crippen LogP contribution in [0, 0.1) is 20.8 Å². The number of thioether (sulfide) groups is 1. The first kappa shape index (κ1) is 19.2. The van der Waals surface area contributed by atoms with E-state index in [2.05, 4.69) is 47.6 Å². The number of para-hydroxylation sites is 1. The first-order valence-corrected chi connectivity index (χ1v) is 9.89. The molecule has 5 nitrogen and oxygen atoms in total. The molecule has 0 fully saturated rings. The molecule has 0 aliphatic carbocycles. The summed E-state index contributed by atoms with van der Waals surface area (Å²) in [6, 6.07) is 14.3. The summed E-state index contributed by atoms with van der Waals surface area (Å²) < 4.78 is 1.92. The van der Waals surface area contributed by atoms with Crippen LogP contribution in [-0.4, -0.2) is 26.4 Å². The quantitative estimate of drug-likeness (QED) is 0.652. The van der Waals surface area contributed by atoms with Gasteiger partial charge in [-0.15, -0.1) is 10.2 Å². The van der Waals surface area contributed by atoms with Gasteiger partial charge >= 0.3 is 0 Å². The highest BCUT2D eigenvalue weighted by molar-refractivity contribution is 7.99. The number of amides is 1. The van der Waals surface area contributed by atoms with Gasteiger partial charge in [-0.2, -0.15) is 0 Å². The number of aromatic nitrogens is 3. The number of rotatable bonds is 6. The molecule has 0 saturated carbocycles. The molecule has 6 heteroatoms. The molecular formula is C21H24N4OS. The van der Waals surface area contributed by atoms with Crippen molar-refractivity contribution in [3.63, 3.8) is 0 Å². The van der Waals surface area contributed by atoms with Gasteiger partial charge in [-0.25, -0.2) is 0 Å². The Balaban J connectivity index is 1.62. The maximum absolute atomic E-state index is 12.4. The van der Waals surface area contributed by atoms with Gasteiger partial charge < -0.3 is 5.32 Å². The van der Waals surface area contributed by atoms with E-state index < -0.39 is 0 Å². The molecule has 1 atom stereocenters. The fourth-order valence-electron chi connectivity index (χ4n) is 2.85. The molecule has 1 aromatic heterocycles. The predicted molar refractivity (Wildman–Crippen MR) is 109 cm³/mol. The lowest BCUT2D eigenvalue weighted by molar-refractivity contribution is -0.119. The van der Waals surface area contributed by atoms with Crippen LogP contribution in [0.2, 0.25) is 0 Å². The molecule has 3 aromatic rings. The summed E-state index contributed by atoms with van der Waals surface area (Å²) in [5.41, 5.74) is 5.75. The second kappa shape index (κ2) is 8.39. The van der Waals surface area contributed by atoms with E-state index in [0.29, 0.717) is 10.9 Å². The minimum atomic E-state index is -0.0355. The first-order valence-electron chi connectivity index (χ1n) is 8.91. The molecule has 0 bridgehead atoms. The molecule has 1 heterocycles. The van der Waals surface area contributed by atoms with E-state index in [9.17, 15) is 4.79 Å². The average molecular weight is 381 g/mol. The van der Waals surface area contributed by atoms with E-state index in [4.69, 9.17) is 0 Å². The van der Waals surface area contributed by atoms with Gasteiger partial charge in [0.25, 0.3) is 0 Å². The van der Waals surface area contributed by atoms with Crippen molar-refractivity contribution in [2.24, 2.45) is 0 Å². The molecule has 140 valence electrons. The van der Waals surface area contributed by atoms with Crippen molar-refractivity contribution in [3.8, 4) is 5.69 Å². The van der Waals surface area contributed by atoms with Crippen LogP contribution >= 0.6 is 11.8 Å². The van der Waals surface area contributed by atoms with Crippen molar-refractivity contribution in [2.45, 2.75) is 38.9 Å². The minimum absolute atomic E-state index is 0.0231. The predicted octanol–water partition coefficient (Wildman–Crippen LogP) is 4.16. The van der Waals surface area contributed by atoms with E-state index in [0.717, 1.165) is 16.8 Å². The lowest BCUT2D eigenvalue weighted by atomic mass is 10.0. The summed E-state index contributed by atoms with van der Waals surface area (Å²) in [5.74, 6) is 0.268. The van der Waals surface area contributed by atoms with Gasteiger partial charge in [0, 0.05) is 0 Å². The van der Waals surface area contributed by atoms with Gasteiger partial charge in [0.2, 0.25) is 5.91 Å². The Kier molecular flexibility index (Phi) is 5.96. The van der Waals surface area contributed by atoms with E-state index in [1.54, 1.807) is 6.33 Å². The standard InChI is InChI=1S/C21H24N4OS/c1-14-9-10-18(11-16(14)3)17(4)23-20(26)12-27-21-24-22-13-25(21)19-8-6-5-7-15(19)2/h5-11,13,17H,12H2,1-4H3,(H,23,26)/t17-/m1/s1. The van der Waals surface area contributed by atoms with Crippen molar-refractivity contribution < 1.29 is 4.79 Å². The lowest BCUT2D eigenvalue weighted by Gasteiger charge is -2.15. The third-order valence-electron chi connectivity index (χ3n) is 4.63. The summed E-state index contributed by atoms with van der Waals surface area (Å²) >= 11 is 1.39. The fourth-order valence-corrected chi connectivity index (χ4v) is 3.59. The SMILES string of the molecule is Cc1ccc([C@@H](C)NC(=O)CSc2nncn2-c2ccccc2C)cc1C. The molecule has 0 unspecified atom stereocenters. The number of carbonyl (C=O) groups is 1. The first-order chi connectivity index (χ1) is 13.0. The molecule has 27 heavy (non-hydrogen) atoms. The Morgan fingerprint density at radius 1 is 1.11 bits per heavy atom. The van der Waals surface area contributed by atoms with Gasteiger partial charge in [-0.3, -0.25) is 9.36 Å². The lowest BCUT2D eigenvalue weighted by Crippen LogP contribution is -2.28. The van der Waals surface area contributed by atoms with Crippen molar-refractivity contribution in [1.82, 2.24) is 20.1 Å². The topological polar surface area (TPSA) is 59.8 Å². The summed E-state index contributed by atoms with van der Waals surface area (Å²) in [6.07, 6.45) is 1.68. The van der Waals surface area contributed by atoms with E-state index in [-0.39, 0.29) is 11.9 Å². The summed E-state index contributed by atoms with van der Waals surface area (Å²) in [6.45, 7) is 8.22. The summed E-state index contributed by atoms with van der Waals surface area (Å²) in [5, 5.41) is 11.9. The zero-order valence-electron chi connectivity index (χ0n) is 16.1. The number of aryl methyl sites for hydroxylation is 3. The normalized spacial score (nSPS) is 12.0. The molecule has 0 spiro atoms. The fraction of sp³-hybridized carbons (Fsp3) is 0.286. The molecule has 0 aliphatic heterocycles. The molecule has 2 aromatic carbocycles. The smallest absolute Gasteiger partial charge is 0.230 e. The second-order valence-electron chi connectivity index (χ2n) is 6.69. The monoisotopic (exact) mass is 380 g/mol. The van der Waals surface area contributed by atoms with Crippen molar-refractivity contribution in [2.75, 3.05) is 5.75 Å². The Morgan fingerprint density at radius 2 is 1.89 bits per heavy atom. The van der Waals surface area contributed by atoms with Crippen LogP contribution in [0.15, 0.2) is 53.9 Å². The maximum atomic E-state index is 12.4. The second-order valence-corrected chi connectivity index (χ2v) is 7.63. The number of carbonyl (C=O) groups excluding carboxylic acids is 1. The third kappa shape index (κ3) is 4.57. The van der Waals surface area contributed by atoms with Gasteiger partial charge in [-0.1, -0.05) is 48.2 Å². The molecular weight excluding hydrogens is 356 g/mol. The summed E-state index contributed by atoms with van der Waals surface area (Å²) in [4.78, 5) is 12.4. The van der Waals surface area contributed by atoms with Gasteiger partial charge in [0.1, 0.15) is 6.33 Å². The zero-order valence-corrected chi connectivity index (χ0v) is 16.9. The van der Waals surface area contributed by atoms with Crippen LogP contribution in [0.1, 0.15) is 35.2 Å². The molecule has 0 aliphatic rings. The number of nitrogens with zero attached hydrogens (tertiary/aromatic N) is 3. The van der Waals surface area contributed by atoms with E-state index in [1.165, 1.54) is 22.9 Å². The zero-order chi connectivity index (χ0) is 19.4. The number of benzene rings is 2. The Bertz CT molecular complexity index is 951. The molecule has 1 N–H and O–H groups in total. The van der Waals surface area contributed by atoms with Crippen LogP contribution in [0.4, 0.5) is 0 Å². The largest absolute Gasteiger partial charge is 0.349 e. The number of hydrogen-bond acceptors (Lipinski definition) is 4. The van der Waals surface area contributed by atoms with Gasteiger partial charge in [0.15, 0.2) is 5.16 Å². The van der Waals surface area contributed by atoms with Gasteiger partial charge in [0.05, 0.1) is 17.5 Å². The van der Waals surface area contributed by atoms with Gasteiger partial charge in [-0.05, 0) is 56.0 Å². The number of hydrogen-bond donors (Lipinski definition) is 1. The van der Waals surface area contributed by atoms with Crippen molar-refractivity contribution in [3.05, 3.63) is 71.0 Å². The molecule has 1 amide bonds. The Hall–Kier alpha value is -2.60. The van der Waals surface area contributed by atoms with Crippen LogP contribution in [0.3, 0.4) is 0 Å².